The minimum atomic E-state index is -4.85. The number of aromatic nitrogens is 7. The van der Waals surface area contributed by atoms with Crippen LogP contribution < -0.4 is 37.1 Å². The van der Waals surface area contributed by atoms with E-state index in [9.17, 15) is 104 Å². The summed E-state index contributed by atoms with van der Waals surface area (Å²) in [7, 11) is -3.21. The lowest BCUT2D eigenvalue weighted by molar-refractivity contribution is -0.275. The van der Waals surface area contributed by atoms with Gasteiger partial charge in [-0.2, -0.15) is 39.5 Å². The maximum Gasteiger partial charge on any atom is 0.573 e. The molecular weight excluding hydrogens is 2750 g/mol. The molecule has 0 amide bonds. The van der Waals surface area contributed by atoms with Crippen molar-refractivity contribution in [2.75, 3.05) is 52.7 Å². The van der Waals surface area contributed by atoms with E-state index in [4.69, 9.17) is 24.8 Å². The van der Waals surface area contributed by atoms with Crippen molar-refractivity contribution in [3.05, 3.63) is 238 Å². The molecule has 0 bridgehead atoms. The number of H-pyrrole nitrogens is 2. The molecule has 50 heteroatoms. The van der Waals surface area contributed by atoms with E-state index in [-0.39, 0.29) is 78.1 Å². The summed E-state index contributed by atoms with van der Waals surface area (Å²) in [5, 5.41) is 34.5. The third kappa shape index (κ3) is 55.5. The molecule has 0 saturated heterocycles. The van der Waals surface area contributed by atoms with Gasteiger partial charge in [-0.1, -0.05) is 211 Å². The predicted octanol–water partition coefficient (Wildman–Crippen LogP) is 21.4. The van der Waals surface area contributed by atoms with Crippen LogP contribution in [0.25, 0.3) is 38.4 Å². The number of halogens is 26. The van der Waals surface area contributed by atoms with Gasteiger partial charge < -0.3 is 49.0 Å². The monoisotopic (exact) mass is 2830 g/mol. The topological polar surface area (TPSA) is 325 Å². The van der Waals surface area contributed by atoms with Gasteiger partial charge >= 0.3 is 57.4 Å². The Labute approximate surface area is 841 Å². The van der Waals surface area contributed by atoms with E-state index in [1.54, 1.807) is 39.0 Å². The number of nitrogens with zero attached hydrogens (tertiary/aromatic N) is 5. The van der Waals surface area contributed by atoms with Gasteiger partial charge in [-0.25, -0.2) is 24.1 Å². The Morgan fingerprint density at radius 3 is 1.25 bits per heavy atom. The number of aryl methyl sites for hydroxylation is 2. The zero-order valence-corrected chi connectivity index (χ0v) is 89.1. The molecule has 10 aromatic rings. The van der Waals surface area contributed by atoms with E-state index in [0.717, 1.165) is 82.7 Å². The standard InChI is InChI=1S/C16H7BrF6N2O2.C10H13NO2.C9H4BrF3N2O.C9H5F3N2O.C7H6BF3O3.C6H6BFO2.C6H10O3.C5H8O.8CH3I/c17-11-7-25(8-1-3-9(4-2-8)27-16(21,22)23)14(26)10-5-6-12(15(18,19)20)24-13(10)11;1-4-13-10(12)9-6-5-7(2)11-8(9)3;10-5-3-14-8(16)4-1-2-6(9(11,12)13)15-7(4)5;10-9(11,12)7-2-1-5-6(14-7)3-4-13-8(5)15;9-7(10,11)14-6-3-1-5(2-4-6)8(12)13;8-6-3-1-5(2-4-6)7(9)10;1-3-9-6(8)4-5(2)7;1-3-4-5(2)6;8*1-2/h1-7H;5-6H,4H2,1-3H3;1-3H,(H,14,16);1-4H,(H,13,15);1-4,12-13H;1-4,9-10H;3-4H2,1-2H3;3-4H,1-2H3;8*1H3/b;;;;;;;4-3+;;;;;;;;. The van der Waals surface area contributed by atoms with Gasteiger partial charge in [0.2, 0.25) is 0 Å². The molecular formula is C76H83B2Br2F16I8N7O15. The van der Waals surface area contributed by atoms with E-state index in [2.05, 4.69) is 257 Å². The number of rotatable bonds is 11. The number of Topliss-reactive ketones (excluding diaryl/α,β-unsaturated/α-hetero) is 1. The molecule has 0 fully saturated rings. The first-order valence-corrected chi connectivity index (χ1v) is 52.6. The summed E-state index contributed by atoms with van der Waals surface area (Å²) in [6.07, 6.45) is -16.4. The molecule has 7 heterocycles. The lowest BCUT2D eigenvalue weighted by Crippen LogP contribution is -2.29. The number of fused-ring (bicyclic) bond motifs is 3. The van der Waals surface area contributed by atoms with Gasteiger partial charge in [0, 0.05) is 30.0 Å². The number of hydrogen-bond acceptors (Lipinski definition) is 19. The zero-order valence-electron chi connectivity index (χ0n) is 68.6. The van der Waals surface area contributed by atoms with E-state index >= 15 is 0 Å². The van der Waals surface area contributed by atoms with Crippen molar-refractivity contribution in [2.45, 2.75) is 86.1 Å². The normalized spacial score (nSPS) is 10.1. The second-order valence-electron chi connectivity index (χ2n) is 21.3. The highest BCUT2D eigenvalue weighted by atomic mass is 127. The number of benzene rings is 3. The van der Waals surface area contributed by atoms with Crippen molar-refractivity contribution in [1.82, 2.24) is 34.5 Å². The van der Waals surface area contributed by atoms with Crippen molar-refractivity contribution < 1.29 is 128 Å². The van der Waals surface area contributed by atoms with Crippen LogP contribution in [0.3, 0.4) is 0 Å². The van der Waals surface area contributed by atoms with Gasteiger partial charge in [0.15, 0.2) is 5.78 Å². The van der Waals surface area contributed by atoms with Crippen LogP contribution in [-0.2, 0) is 42.4 Å². The number of hydrogen-bond donors (Lipinski definition) is 6. The van der Waals surface area contributed by atoms with E-state index in [1.807, 2.05) is 53.3 Å². The molecule has 0 aliphatic rings. The average Bonchev–Trinajstić information content (AvgIpc) is 0.768. The Kier molecular flexibility index (Phi) is 75.2. The van der Waals surface area contributed by atoms with Gasteiger partial charge in [-0.3, -0.25) is 38.3 Å². The van der Waals surface area contributed by atoms with Gasteiger partial charge in [-0.15, -0.1) is 26.3 Å². The van der Waals surface area contributed by atoms with Crippen LogP contribution >= 0.6 is 213 Å². The maximum atomic E-state index is 12.8. The van der Waals surface area contributed by atoms with Crippen LogP contribution in [0, 0.1) is 19.7 Å². The molecule has 700 valence electrons. The number of carbonyl (C=O) groups excluding carboxylic acids is 4. The van der Waals surface area contributed by atoms with Gasteiger partial charge in [0.05, 0.1) is 66.1 Å². The molecule has 0 aliphatic carbocycles. The minimum Gasteiger partial charge on any atom is -0.466 e. The van der Waals surface area contributed by atoms with E-state index in [0.29, 0.717) is 34.8 Å². The number of esters is 2. The number of alkyl halides is 23. The fraction of sp³-hybridized carbons (Fsp3) is 0.303. The van der Waals surface area contributed by atoms with Crippen molar-refractivity contribution in [3.8, 4) is 17.2 Å². The summed E-state index contributed by atoms with van der Waals surface area (Å²) >= 11 is 23.3. The van der Waals surface area contributed by atoms with Crippen LogP contribution in [0.2, 0.25) is 0 Å². The maximum absolute atomic E-state index is 12.8. The summed E-state index contributed by atoms with van der Waals surface area (Å²) < 4.78 is 214. The summed E-state index contributed by atoms with van der Waals surface area (Å²) in [6.45, 7) is 12.6. The van der Waals surface area contributed by atoms with E-state index < -0.39 is 96.7 Å². The van der Waals surface area contributed by atoms with Gasteiger partial charge in [0.1, 0.15) is 46.6 Å². The fourth-order valence-electron chi connectivity index (χ4n) is 8.06. The molecule has 0 radical (unpaired) electrons. The average molecular weight is 2840 g/mol. The van der Waals surface area contributed by atoms with Gasteiger partial charge in [0.25, 0.3) is 16.7 Å². The zero-order chi connectivity index (χ0) is 99.4. The summed E-state index contributed by atoms with van der Waals surface area (Å²) in [4.78, 5) is 112. The third-order valence-electron chi connectivity index (χ3n) is 12.8. The number of allylic oxidation sites excluding steroid dienone is 2. The van der Waals surface area contributed by atoms with Crippen LogP contribution in [0.15, 0.2) is 181 Å². The Morgan fingerprint density at radius 1 is 0.492 bits per heavy atom. The number of carbonyl (C=O) groups is 4. The highest BCUT2D eigenvalue weighted by molar-refractivity contribution is 14.1. The highest BCUT2D eigenvalue weighted by Crippen LogP contribution is 2.33. The quantitative estimate of drug-likeness (QED) is 0.0133. The molecule has 126 heavy (non-hydrogen) atoms. The number of nitrogens with one attached hydrogen (secondary N) is 2. The molecule has 0 spiro atoms. The lowest BCUT2D eigenvalue weighted by Gasteiger charge is -2.12. The molecule has 6 N–H and O–H groups in total. The minimum absolute atomic E-state index is 0.00132. The Morgan fingerprint density at radius 2 is 0.881 bits per heavy atom. The molecule has 0 aliphatic heterocycles. The Hall–Kier alpha value is -4.84. The molecule has 7 aromatic heterocycles. The van der Waals surface area contributed by atoms with Crippen LogP contribution in [-0.4, -0.2) is 158 Å². The van der Waals surface area contributed by atoms with Gasteiger partial charge in [-0.05, 0) is 240 Å². The number of ketones is 2. The fourth-order valence-corrected chi connectivity index (χ4v) is 8.98. The molecule has 10 rings (SSSR count). The number of aromatic amines is 2. The van der Waals surface area contributed by atoms with Crippen molar-refractivity contribution in [3.63, 3.8) is 0 Å². The Balaban J connectivity index is -0.000000328. The van der Waals surface area contributed by atoms with Crippen molar-refractivity contribution >= 4 is 294 Å². The Bertz CT molecular complexity index is 5000. The molecule has 0 unspecified atom stereocenters. The largest absolute Gasteiger partial charge is 0.573 e. The SMILES string of the molecule is C/C=C/C(C)=O.CCOC(=O)CC(C)=O.CCOC(=O)c1ccc(C)nc1C.CI.CI.CI.CI.CI.CI.CI.CI.O=c1[nH]cc(Br)c2nc(C(F)(F)F)ccc12.O=c1[nH]ccc2nc(C(F)(F)F)ccc12.O=c1c2ccc(C(F)(F)F)nc2c(Br)cn1-c1ccc(OC(F)(F)F)cc1.OB(O)c1ccc(F)cc1.OB(O)c1ccc(OC(F)(F)F)cc1. The molecule has 0 saturated carbocycles. The highest BCUT2D eigenvalue weighted by Gasteiger charge is 2.36. The molecule has 3 aromatic carbocycles. The lowest BCUT2D eigenvalue weighted by atomic mass is 9.80. The number of pyridine rings is 7. The first kappa shape index (κ1) is 132. The van der Waals surface area contributed by atoms with Crippen LogP contribution in [0.1, 0.15) is 79.9 Å². The van der Waals surface area contributed by atoms with E-state index in [1.165, 1.54) is 81.0 Å². The second kappa shape index (κ2) is 71.8. The predicted molar refractivity (Wildman–Crippen MR) is 535 cm³/mol. The second-order valence-corrected chi connectivity index (χ2v) is 23.0. The molecule has 0 atom stereocenters. The summed E-state index contributed by atoms with van der Waals surface area (Å²) in [5.41, 5.74) is -2.16. The van der Waals surface area contributed by atoms with Crippen LogP contribution in [0.5, 0.6) is 11.5 Å². The number of ether oxygens (including phenoxy) is 4. The van der Waals surface area contributed by atoms with Crippen molar-refractivity contribution in [2.24, 2.45) is 0 Å². The first-order valence-electron chi connectivity index (χ1n) is 33.7. The molecule has 22 nitrogen and oxygen atoms in total. The summed E-state index contributed by atoms with van der Waals surface area (Å²) in [5.74, 6) is -2.05. The summed E-state index contributed by atoms with van der Waals surface area (Å²) in [6, 6.07) is 24.0. The smallest absolute Gasteiger partial charge is 0.466 e. The van der Waals surface area contributed by atoms with Crippen LogP contribution in [0.4, 0.5) is 70.2 Å². The van der Waals surface area contributed by atoms with Crippen molar-refractivity contribution in [1.29, 1.82) is 0 Å². The third-order valence-corrected chi connectivity index (χ3v) is 13.9. The first-order chi connectivity index (χ1) is 59.0.